The minimum absolute atomic E-state index is 0.179. The van der Waals surface area contributed by atoms with Gasteiger partial charge in [-0.15, -0.1) is 0 Å². The van der Waals surface area contributed by atoms with E-state index in [1.54, 1.807) is 20.8 Å². The summed E-state index contributed by atoms with van der Waals surface area (Å²) in [5.74, 6) is -0.394. The topological polar surface area (TPSA) is 138 Å². The maximum absolute atomic E-state index is 13.1. The van der Waals surface area contributed by atoms with Gasteiger partial charge in [-0.3, -0.25) is 9.59 Å². The number of aliphatic hydroxyl groups excluding tert-OH is 1. The fraction of sp³-hybridized carbons (Fsp3) is 0.722. The highest BCUT2D eigenvalue weighted by Crippen LogP contribution is 2.40. The minimum Gasteiger partial charge on any atom is -0.444 e. The van der Waals surface area contributed by atoms with Gasteiger partial charge < -0.3 is 29.5 Å². The molecule has 3 unspecified atom stereocenters. The molecule has 2 saturated heterocycles. The predicted molar refractivity (Wildman–Crippen MR) is 98.2 cm³/mol. The number of nitrogens with zero attached hydrogens (tertiary/aromatic N) is 4. The summed E-state index contributed by atoms with van der Waals surface area (Å²) < 4.78 is 10.1. The Balaban J connectivity index is 1.69. The predicted octanol–water partition coefficient (Wildman–Crippen LogP) is 0.0471. The highest BCUT2D eigenvalue weighted by molar-refractivity contribution is 5.99. The lowest BCUT2D eigenvalue weighted by molar-refractivity contribution is -0.170. The van der Waals surface area contributed by atoms with Gasteiger partial charge in [0.05, 0.1) is 12.6 Å². The van der Waals surface area contributed by atoms with Crippen LogP contribution in [-0.2, 0) is 20.9 Å². The van der Waals surface area contributed by atoms with E-state index in [1.807, 2.05) is 0 Å². The molecule has 2 fully saturated rings. The molecular weight excluding hydrogens is 382 g/mol. The third-order valence-corrected chi connectivity index (χ3v) is 5.05. The van der Waals surface area contributed by atoms with Crippen molar-refractivity contribution in [1.29, 1.82) is 0 Å². The minimum atomic E-state index is -1.21. The Labute approximate surface area is 168 Å². The zero-order chi connectivity index (χ0) is 21.4. The molecule has 1 aromatic rings. The normalized spacial score (nSPS) is 23.7. The van der Waals surface area contributed by atoms with E-state index >= 15 is 0 Å². The number of β-lactam (4-membered cyclic amide) rings is 1. The molecule has 0 aromatic carbocycles. The molecule has 11 heteroatoms. The molecule has 0 aliphatic carbocycles. The van der Waals surface area contributed by atoms with Crippen LogP contribution in [0.1, 0.15) is 46.4 Å². The second-order valence-electron chi connectivity index (χ2n) is 8.49. The van der Waals surface area contributed by atoms with Crippen LogP contribution in [0.25, 0.3) is 0 Å². The van der Waals surface area contributed by atoms with Crippen LogP contribution in [-0.4, -0.2) is 79.3 Å². The summed E-state index contributed by atoms with van der Waals surface area (Å²) in [6.45, 7) is 7.40. The molecule has 2 aliphatic rings. The largest absolute Gasteiger partial charge is 0.444 e. The number of alkyl carbamates (subject to hydrolysis) is 1. The summed E-state index contributed by atoms with van der Waals surface area (Å²) in [6, 6.07) is -1.21. The molecule has 0 bridgehead atoms. The summed E-state index contributed by atoms with van der Waals surface area (Å²) in [4.78, 5) is 45.1. The van der Waals surface area contributed by atoms with Crippen LogP contribution < -0.4 is 5.32 Å². The first-order valence-corrected chi connectivity index (χ1v) is 9.57. The van der Waals surface area contributed by atoms with Crippen molar-refractivity contribution in [1.82, 2.24) is 25.3 Å². The van der Waals surface area contributed by atoms with Crippen LogP contribution >= 0.6 is 0 Å². The first-order valence-electron chi connectivity index (χ1n) is 9.57. The highest BCUT2D eigenvalue weighted by atomic mass is 16.6. The average Bonchev–Trinajstić information content (AvgIpc) is 3.27. The summed E-state index contributed by atoms with van der Waals surface area (Å²) >= 11 is 0. The fourth-order valence-electron chi connectivity index (χ4n) is 3.79. The monoisotopic (exact) mass is 409 g/mol. The number of aromatic nitrogens is 2. The lowest BCUT2D eigenvalue weighted by atomic mass is 9.85. The Morgan fingerprint density at radius 3 is 2.72 bits per heavy atom. The fourth-order valence-corrected chi connectivity index (χ4v) is 3.79. The van der Waals surface area contributed by atoms with Gasteiger partial charge in [-0.05, 0) is 40.5 Å². The van der Waals surface area contributed by atoms with Crippen molar-refractivity contribution in [3.8, 4) is 0 Å². The molecule has 3 heterocycles. The third-order valence-electron chi connectivity index (χ3n) is 5.05. The summed E-state index contributed by atoms with van der Waals surface area (Å²) in [5, 5.41) is 16.1. The number of rotatable bonds is 5. The Bertz CT molecular complexity index is 774. The lowest BCUT2D eigenvalue weighted by Crippen LogP contribution is -2.74. The van der Waals surface area contributed by atoms with E-state index in [0.29, 0.717) is 31.8 Å². The van der Waals surface area contributed by atoms with Gasteiger partial charge in [-0.1, -0.05) is 5.16 Å². The van der Waals surface area contributed by atoms with Crippen molar-refractivity contribution in [2.45, 2.75) is 70.4 Å². The molecule has 2 aliphatic heterocycles. The van der Waals surface area contributed by atoms with E-state index in [-0.39, 0.29) is 12.5 Å². The van der Waals surface area contributed by atoms with E-state index in [2.05, 4.69) is 15.5 Å². The molecule has 0 radical (unpaired) electrons. The SMILES string of the molecule is CC(O)C(NC(=O)OC(C)(C)C)C(=O)N1CCCC12CN(Cc1ncno1)C2=O. The van der Waals surface area contributed by atoms with Gasteiger partial charge in [-0.2, -0.15) is 4.98 Å². The van der Waals surface area contributed by atoms with E-state index in [9.17, 15) is 19.5 Å². The van der Waals surface area contributed by atoms with Crippen molar-refractivity contribution in [3.63, 3.8) is 0 Å². The van der Waals surface area contributed by atoms with E-state index in [4.69, 9.17) is 9.26 Å². The van der Waals surface area contributed by atoms with Crippen LogP contribution in [0.15, 0.2) is 10.9 Å². The number of nitrogens with one attached hydrogen (secondary N) is 1. The smallest absolute Gasteiger partial charge is 0.408 e. The summed E-state index contributed by atoms with van der Waals surface area (Å²) in [5.41, 5.74) is -1.70. The molecular formula is C18H27N5O6. The van der Waals surface area contributed by atoms with Gasteiger partial charge in [-0.25, -0.2) is 4.79 Å². The van der Waals surface area contributed by atoms with Gasteiger partial charge in [0.2, 0.25) is 11.8 Å². The van der Waals surface area contributed by atoms with Crippen molar-refractivity contribution in [3.05, 3.63) is 12.2 Å². The standard InChI is InChI=1S/C18H27N5O6/c1-11(24)13(21-16(27)28-17(2,3)4)14(25)23-7-5-6-18(23)9-22(15(18)26)8-12-19-10-20-29-12/h10-11,13,24H,5-9H2,1-4H3,(H,21,27). The van der Waals surface area contributed by atoms with Gasteiger partial charge in [0.25, 0.3) is 5.91 Å². The quantitative estimate of drug-likeness (QED) is 0.651. The number of hydrogen-bond acceptors (Lipinski definition) is 8. The molecule has 3 amide bonds. The Morgan fingerprint density at radius 2 is 2.17 bits per heavy atom. The number of ether oxygens (including phenoxy) is 1. The van der Waals surface area contributed by atoms with Crippen LogP contribution in [0, 0.1) is 0 Å². The number of hydrogen-bond donors (Lipinski definition) is 2. The van der Waals surface area contributed by atoms with Crippen molar-refractivity contribution >= 4 is 17.9 Å². The molecule has 1 spiro atoms. The van der Waals surface area contributed by atoms with Gasteiger partial charge in [0, 0.05) is 6.54 Å². The zero-order valence-corrected chi connectivity index (χ0v) is 17.0. The Morgan fingerprint density at radius 1 is 1.45 bits per heavy atom. The first-order chi connectivity index (χ1) is 13.5. The second kappa shape index (κ2) is 7.62. The summed E-state index contributed by atoms with van der Waals surface area (Å²) in [7, 11) is 0. The van der Waals surface area contributed by atoms with Crippen molar-refractivity contribution in [2.75, 3.05) is 13.1 Å². The average molecular weight is 409 g/mol. The highest BCUT2D eigenvalue weighted by Gasteiger charge is 2.60. The first kappa shape index (κ1) is 21.0. The number of amides is 3. The van der Waals surface area contributed by atoms with Crippen LogP contribution in [0.5, 0.6) is 0 Å². The number of carbonyl (C=O) groups excluding carboxylic acids is 3. The maximum Gasteiger partial charge on any atom is 0.408 e. The van der Waals surface area contributed by atoms with E-state index < -0.39 is 35.3 Å². The lowest BCUT2D eigenvalue weighted by Gasteiger charge is -2.51. The maximum atomic E-state index is 13.1. The molecule has 29 heavy (non-hydrogen) atoms. The molecule has 160 valence electrons. The molecule has 1 aromatic heterocycles. The second-order valence-corrected chi connectivity index (χ2v) is 8.49. The summed E-state index contributed by atoms with van der Waals surface area (Å²) in [6.07, 6.45) is 0.484. The van der Waals surface area contributed by atoms with E-state index in [0.717, 1.165) is 0 Å². The number of aliphatic hydroxyl groups is 1. The Hall–Kier alpha value is -2.69. The van der Waals surface area contributed by atoms with Crippen molar-refractivity contribution in [2.24, 2.45) is 0 Å². The van der Waals surface area contributed by atoms with Gasteiger partial charge >= 0.3 is 6.09 Å². The number of carbonyl (C=O) groups is 3. The van der Waals surface area contributed by atoms with Crippen molar-refractivity contribution < 1.29 is 28.8 Å². The molecule has 3 atom stereocenters. The molecule has 11 nitrogen and oxygen atoms in total. The third kappa shape index (κ3) is 4.19. The van der Waals surface area contributed by atoms with Gasteiger partial charge in [0.15, 0.2) is 6.33 Å². The van der Waals surface area contributed by atoms with Crippen LogP contribution in [0.4, 0.5) is 4.79 Å². The number of likely N-dealkylation sites (tertiary alicyclic amines) is 2. The molecule has 2 N–H and O–H groups in total. The zero-order valence-electron chi connectivity index (χ0n) is 17.0. The van der Waals surface area contributed by atoms with Crippen LogP contribution in [0.3, 0.4) is 0 Å². The van der Waals surface area contributed by atoms with E-state index in [1.165, 1.54) is 23.1 Å². The van der Waals surface area contributed by atoms with Crippen LogP contribution in [0.2, 0.25) is 0 Å². The molecule has 0 saturated carbocycles. The molecule has 3 rings (SSSR count). The van der Waals surface area contributed by atoms with Gasteiger partial charge in [0.1, 0.15) is 23.7 Å². The Kier molecular flexibility index (Phi) is 5.52.